The normalized spacial score (nSPS) is 20.2. The van der Waals surface area contributed by atoms with Crippen molar-refractivity contribution in [3.05, 3.63) is 24.3 Å². The molecule has 2 N–H and O–H groups in total. The number of hydrogen-bond acceptors (Lipinski definition) is 4. The standard InChI is InChI=1S/C12H13N3OS/c16-11-10(6-3-7-13-11)14-12-8-4-1-2-5-9(8)15-17-12/h1-2,4-5,10,14H,3,6-7H2,(H,13,16). The molecule has 2 aromatic rings. The van der Waals surface area contributed by atoms with Gasteiger partial charge in [0.25, 0.3) is 0 Å². The number of benzene rings is 1. The number of rotatable bonds is 2. The lowest BCUT2D eigenvalue weighted by Crippen LogP contribution is -2.44. The highest BCUT2D eigenvalue weighted by atomic mass is 32.1. The summed E-state index contributed by atoms with van der Waals surface area (Å²) >= 11 is 1.42. The van der Waals surface area contributed by atoms with Gasteiger partial charge >= 0.3 is 0 Å². The van der Waals surface area contributed by atoms with Gasteiger partial charge in [-0.3, -0.25) is 4.79 Å². The van der Waals surface area contributed by atoms with Crippen LogP contribution in [0.15, 0.2) is 24.3 Å². The van der Waals surface area contributed by atoms with Crippen molar-refractivity contribution in [1.29, 1.82) is 0 Å². The minimum Gasteiger partial charge on any atom is -0.364 e. The Labute approximate surface area is 103 Å². The number of carbonyl (C=O) groups is 1. The Hall–Kier alpha value is -1.62. The summed E-state index contributed by atoms with van der Waals surface area (Å²) in [4.78, 5) is 11.7. The summed E-state index contributed by atoms with van der Waals surface area (Å²) in [6.45, 7) is 0.792. The molecule has 1 aliphatic heterocycles. The Bertz CT molecular complexity index is 551. The summed E-state index contributed by atoms with van der Waals surface area (Å²) in [6, 6.07) is 7.86. The maximum Gasteiger partial charge on any atom is 0.242 e. The molecule has 0 spiro atoms. The van der Waals surface area contributed by atoms with Gasteiger partial charge in [0.05, 0.1) is 5.52 Å². The third-order valence-electron chi connectivity index (χ3n) is 2.97. The smallest absolute Gasteiger partial charge is 0.242 e. The second-order valence-corrected chi connectivity index (χ2v) is 4.93. The van der Waals surface area contributed by atoms with E-state index >= 15 is 0 Å². The molecule has 1 fully saturated rings. The van der Waals surface area contributed by atoms with Crippen LogP contribution in [0.3, 0.4) is 0 Å². The molecular formula is C12H13N3OS. The molecule has 1 amide bonds. The zero-order valence-electron chi connectivity index (χ0n) is 9.27. The van der Waals surface area contributed by atoms with E-state index in [1.54, 1.807) is 0 Å². The summed E-state index contributed by atoms with van der Waals surface area (Å²) in [5.41, 5.74) is 0.983. The number of fused-ring (bicyclic) bond motifs is 1. The summed E-state index contributed by atoms with van der Waals surface area (Å²) in [7, 11) is 0. The van der Waals surface area contributed by atoms with E-state index in [0.717, 1.165) is 35.3 Å². The van der Waals surface area contributed by atoms with Gasteiger partial charge in [0.15, 0.2) is 0 Å². The number of anilines is 1. The van der Waals surface area contributed by atoms with Crippen molar-refractivity contribution in [2.45, 2.75) is 18.9 Å². The van der Waals surface area contributed by atoms with Gasteiger partial charge in [-0.15, -0.1) is 0 Å². The van der Waals surface area contributed by atoms with Crippen LogP contribution in [0.4, 0.5) is 5.00 Å². The van der Waals surface area contributed by atoms with Crippen molar-refractivity contribution in [2.75, 3.05) is 11.9 Å². The van der Waals surface area contributed by atoms with Crippen LogP contribution in [0.1, 0.15) is 12.8 Å². The first-order valence-corrected chi connectivity index (χ1v) is 6.50. The highest BCUT2D eigenvalue weighted by Gasteiger charge is 2.22. The quantitative estimate of drug-likeness (QED) is 0.853. The average Bonchev–Trinajstić information content (AvgIpc) is 2.76. The van der Waals surface area contributed by atoms with E-state index < -0.39 is 0 Å². The molecule has 4 nitrogen and oxygen atoms in total. The molecule has 0 saturated carbocycles. The number of carbonyl (C=O) groups excluding carboxylic acids is 1. The van der Waals surface area contributed by atoms with Gasteiger partial charge in [-0.1, -0.05) is 12.1 Å². The molecule has 1 aromatic carbocycles. The van der Waals surface area contributed by atoms with Gasteiger partial charge in [-0.25, -0.2) is 0 Å². The predicted octanol–water partition coefficient (Wildman–Crippen LogP) is 1.99. The fourth-order valence-electron chi connectivity index (χ4n) is 2.06. The SMILES string of the molecule is O=C1NCCCC1Nc1snc2ccccc12. The van der Waals surface area contributed by atoms with E-state index in [1.807, 2.05) is 24.3 Å². The van der Waals surface area contributed by atoms with Crippen molar-refractivity contribution >= 4 is 33.3 Å². The number of hydrogen-bond donors (Lipinski definition) is 2. The third-order valence-corrected chi connectivity index (χ3v) is 3.78. The van der Waals surface area contributed by atoms with Crippen LogP contribution in [0.25, 0.3) is 10.9 Å². The summed E-state index contributed by atoms with van der Waals surface area (Å²) < 4.78 is 4.36. The van der Waals surface area contributed by atoms with Crippen LogP contribution >= 0.6 is 11.5 Å². The molecule has 0 radical (unpaired) electrons. The molecule has 5 heteroatoms. The Kier molecular flexibility index (Phi) is 2.68. The van der Waals surface area contributed by atoms with Gasteiger partial charge in [-0.2, -0.15) is 4.37 Å². The average molecular weight is 247 g/mol. The second-order valence-electron chi connectivity index (χ2n) is 4.16. The maximum atomic E-state index is 11.7. The van der Waals surface area contributed by atoms with Gasteiger partial charge in [0.2, 0.25) is 5.91 Å². The van der Waals surface area contributed by atoms with Gasteiger partial charge < -0.3 is 10.6 Å². The Balaban J connectivity index is 1.87. The van der Waals surface area contributed by atoms with E-state index in [1.165, 1.54) is 11.5 Å². The lowest BCUT2D eigenvalue weighted by molar-refractivity contribution is -0.123. The second kappa shape index (κ2) is 4.33. The molecule has 0 bridgehead atoms. The van der Waals surface area contributed by atoms with Crippen molar-refractivity contribution < 1.29 is 4.79 Å². The highest BCUT2D eigenvalue weighted by Crippen LogP contribution is 2.28. The van der Waals surface area contributed by atoms with E-state index in [2.05, 4.69) is 15.0 Å². The largest absolute Gasteiger partial charge is 0.364 e. The molecule has 1 saturated heterocycles. The van der Waals surface area contributed by atoms with Crippen LogP contribution in [0, 0.1) is 0 Å². The van der Waals surface area contributed by atoms with Crippen molar-refractivity contribution in [3.8, 4) is 0 Å². The maximum absolute atomic E-state index is 11.7. The summed E-state index contributed by atoms with van der Waals surface area (Å²) in [5, 5.41) is 8.25. The molecule has 2 heterocycles. The number of aromatic nitrogens is 1. The summed E-state index contributed by atoms with van der Waals surface area (Å²) in [6.07, 6.45) is 1.91. The first kappa shape index (κ1) is 10.5. The highest BCUT2D eigenvalue weighted by molar-refractivity contribution is 7.11. The Morgan fingerprint density at radius 3 is 3.18 bits per heavy atom. The number of piperidine rings is 1. The molecule has 0 aliphatic carbocycles. The van der Waals surface area contributed by atoms with Crippen LogP contribution in [-0.4, -0.2) is 22.9 Å². The lowest BCUT2D eigenvalue weighted by atomic mass is 10.1. The number of amides is 1. The first-order chi connectivity index (χ1) is 8.34. The monoisotopic (exact) mass is 247 g/mol. The zero-order chi connectivity index (χ0) is 11.7. The van der Waals surface area contributed by atoms with E-state index in [0.29, 0.717) is 0 Å². The van der Waals surface area contributed by atoms with Crippen molar-refractivity contribution in [1.82, 2.24) is 9.69 Å². The molecule has 17 heavy (non-hydrogen) atoms. The minimum absolute atomic E-state index is 0.0914. The van der Waals surface area contributed by atoms with E-state index in [4.69, 9.17) is 0 Å². The number of nitrogens with zero attached hydrogens (tertiary/aromatic N) is 1. The topological polar surface area (TPSA) is 54.0 Å². The van der Waals surface area contributed by atoms with Crippen LogP contribution < -0.4 is 10.6 Å². The van der Waals surface area contributed by atoms with Gasteiger partial charge in [-0.05, 0) is 36.5 Å². The lowest BCUT2D eigenvalue weighted by Gasteiger charge is -2.22. The van der Waals surface area contributed by atoms with E-state index in [-0.39, 0.29) is 11.9 Å². The Morgan fingerprint density at radius 1 is 1.41 bits per heavy atom. The number of nitrogens with one attached hydrogen (secondary N) is 2. The fraction of sp³-hybridized carbons (Fsp3) is 0.333. The molecule has 3 rings (SSSR count). The van der Waals surface area contributed by atoms with Crippen LogP contribution in [0.2, 0.25) is 0 Å². The molecule has 1 aromatic heterocycles. The van der Waals surface area contributed by atoms with Crippen LogP contribution in [0.5, 0.6) is 0 Å². The molecule has 1 aliphatic rings. The van der Waals surface area contributed by atoms with Crippen molar-refractivity contribution in [2.24, 2.45) is 0 Å². The molecule has 1 unspecified atom stereocenters. The van der Waals surface area contributed by atoms with Gasteiger partial charge in [0.1, 0.15) is 11.0 Å². The molecular weight excluding hydrogens is 234 g/mol. The van der Waals surface area contributed by atoms with Crippen molar-refractivity contribution in [3.63, 3.8) is 0 Å². The first-order valence-electron chi connectivity index (χ1n) is 5.73. The van der Waals surface area contributed by atoms with Crippen LogP contribution in [-0.2, 0) is 4.79 Å². The Morgan fingerprint density at radius 2 is 2.29 bits per heavy atom. The molecule has 1 atom stereocenters. The zero-order valence-corrected chi connectivity index (χ0v) is 10.1. The fourth-order valence-corrected chi connectivity index (χ4v) is 2.88. The molecule has 88 valence electrons. The summed E-state index contributed by atoms with van der Waals surface area (Å²) in [5.74, 6) is 0.0914. The minimum atomic E-state index is -0.118. The van der Waals surface area contributed by atoms with Gasteiger partial charge in [0, 0.05) is 11.9 Å². The third kappa shape index (κ3) is 1.98. The predicted molar refractivity (Wildman–Crippen MR) is 69.3 cm³/mol. The van der Waals surface area contributed by atoms with E-state index in [9.17, 15) is 4.79 Å².